The molecule has 0 saturated carbocycles. The van der Waals surface area contributed by atoms with Crippen molar-refractivity contribution in [3.8, 4) is 11.5 Å². The lowest BCUT2D eigenvalue weighted by molar-refractivity contribution is 0.106. The number of aliphatic hydroxyl groups excluding tert-OH is 1. The third-order valence-electron chi connectivity index (χ3n) is 2.06. The van der Waals surface area contributed by atoms with Crippen LogP contribution in [-0.4, -0.2) is 18.0 Å². The Bertz CT molecular complexity index is 785. The van der Waals surface area contributed by atoms with Gasteiger partial charge in [-0.3, -0.25) is 0 Å². The van der Waals surface area contributed by atoms with Crippen molar-refractivity contribution in [2.45, 2.75) is 26.7 Å². The van der Waals surface area contributed by atoms with Gasteiger partial charge < -0.3 is 14.6 Å². The maximum Gasteiger partial charge on any atom is 0.231 e. The van der Waals surface area contributed by atoms with E-state index in [0.717, 1.165) is 6.08 Å². The van der Waals surface area contributed by atoms with Gasteiger partial charge in [-0.25, -0.2) is 0 Å². The SMILES string of the molecule is [2H]c1c([2H])c2c(c([2H])c1/C=C/C(O)C(C([2H])([2H])[2H])(C([2H])([2H])[2H])C([2H])([2H])[2H])OCO2. The number of hydrogen-bond donors (Lipinski definition) is 1. The van der Waals surface area contributed by atoms with E-state index in [1.54, 1.807) is 0 Å². The Labute approximate surface area is 119 Å². The van der Waals surface area contributed by atoms with Crippen LogP contribution in [0.2, 0.25) is 0 Å². The van der Waals surface area contributed by atoms with Crippen LogP contribution in [0.3, 0.4) is 0 Å². The largest absolute Gasteiger partial charge is 0.454 e. The second-order valence-corrected chi connectivity index (χ2v) is 3.47. The molecule has 3 heteroatoms. The van der Waals surface area contributed by atoms with Gasteiger partial charge in [0.2, 0.25) is 6.79 Å². The van der Waals surface area contributed by atoms with Crippen molar-refractivity contribution < 1.29 is 31.0 Å². The molecule has 0 bridgehead atoms. The average Bonchev–Trinajstić information content (AvgIpc) is 2.98. The second kappa shape index (κ2) is 4.41. The lowest BCUT2D eigenvalue weighted by Gasteiger charge is -2.22. The summed E-state index contributed by atoms with van der Waals surface area (Å²) < 4.78 is 102. The van der Waals surface area contributed by atoms with Crippen LogP contribution in [-0.2, 0) is 0 Å². The van der Waals surface area contributed by atoms with Crippen LogP contribution in [0.25, 0.3) is 6.08 Å². The minimum absolute atomic E-state index is 0.125. The standard InChI is InChI=1S/C14H18O3/c1-14(2,3)13(15)7-5-10-4-6-11-12(8-10)17-9-16-11/h4-8,13,15H,9H2,1-3H3/b7-5+/i1D3,2D3,3D3,4D,6D,8D. The molecule has 2 rings (SSSR count). The van der Waals surface area contributed by atoms with Gasteiger partial charge in [-0.05, 0) is 23.1 Å². The number of aliphatic hydroxyl groups is 1. The predicted octanol–water partition coefficient (Wildman–Crippen LogP) is 2.84. The summed E-state index contributed by atoms with van der Waals surface area (Å²) in [6.07, 6.45) is -1.08. The zero-order chi connectivity index (χ0) is 22.6. The molecule has 0 fully saturated rings. The molecule has 1 aliphatic heterocycles. The zero-order valence-corrected chi connectivity index (χ0v) is 8.70. The van der Waals surface area contributed by atoms with Crippen LogP contribution < -0.4 is 9.47 Å². The highest BCUT2D eigenvalue weighted by atomic mass is 16.7. The summed E-state index contributed by atoms with van der Waals surface area (Å²) in [6.45, 7) is -11.1. The molecule has 0 saturated heterocycles. The average molecular weight is 246 g/mol. The van der Waals surface area contributed by atoms with Crippen LogP contribution in [0.4, 0.5) is 0 Å². The maximum atomic E-state index is 10.5. The van der Waals surface area contributed by atoms with E-state index >= 15 is 0 Å². The first kappa shape index (κ1) is 4.02. The number of benzene rings is 1. The Morgan fingerprint density at radius 2 is 2.18 bits per heavy atom. The van der Waals surface area contributed by atoms with Gasteiger partial charge in [0.15, 0.2) is 11.5 Å². The molecule has 1 aromatic carbocycles. The molecule has 17 heavy (non-hydrogen) atoms. The van der Waals surface area contributed by atoms with Crippen molar-refractivity contribution >= 4 is 6.08 Å². The molecular formula is C14H18O3. The van der Waals surface area contributed by atoms with Gasteiger partial charge in [-0.15, -0.1) is 0 Å². The van der Waals surface area contributed by atoms with E-state index in [2.05, 4.69) is 0 Å². The first-order valence-corrected chi connectivity index (χ1v) is 4.74. The van der Waals surface area contributed by atoms with E-state index in [1.807, 2.05) is 0 Å². The zero-order valence-electron chi connectivity index (χ0n) is 20.7. The number of ether oxygens (including phenoxy) is 2. The van der Waals surface area contributed by atoms with Crippen LogP contribution in [0.15, 0.2) is 24.2 Å². The van der Waals surface area contributed by atoms with Crippen molar-refractivity contribution in [3.05, 3.63) is 29.8 Å². The van der Waals surface area contributed by atoms with E-state index in [0.29, 0.717) is 6.08 Å². The molecule has 1 unspecified atom stereocenters. The van der Waals surface area contributed by atoms with Gasteiger partial charge in [-0.1, -0.05) is 38.8 Å². The minimum Gasteiger partial charge on any atom is -0.454 e. The van der Waals surface area contributed by atoms with Gasteiger partial charge >= 0.3 is 0 Å². The van der Waals surface area contributed by atoms with Crippen molar-refractivity contribution in [2.24, 2.45) is 5.41 Å². The predicted molar refractivity (Wildman–Crippen MR) is 67.1 cm³/mol. The van der Waals surface area contributed by atoms with Gasteiger partial charge in [-0.2, -0.15) is 0 Å². The highest BCUT2D eigenvalue weighted by Gasteiger charge is 2.19. The lowest BCUT2D eigenvalue weighted by atomic mass is 9.89. The first-order chi connectivity index (χ1) is 13.0. The molecule has 0 amide bonds. The van der Waals surface area contributed by atoms with Crippen LogP contribution in [0.5, 0.6) is 11.5 Å². The fraction of sp³-hybridized carbons (Fsp3) is 0.429. The molecule has 1 N–H and O–H groups in total. The smallest absolute Gasteiger partial charge is 0.231 e. The Hall–Kier alpha value is -1.48. The topological polar surface area (TPSA) is 38.7 Å². The summed E-state index contributed by atoms with van der Waals surface area (Å²) in [7, 11) is 0. The molecule has 3 nitrogen and oxygen atoms in total. The molecule has 0 aromatic heterocycles. The fourth-order valence-corrected chi connectivity index (χ4v) is 1.16. The van der Waals surface area contributed by atoms with E-state index in [4.69, 9.17) is 25.9 Å². The van der Waals surface area contributed by atoms with E-state index in [9.17, 15) is 5.11 Å². The number of hydrogen-bond acceptors (Lipinski definition) is 3. The monoisotopic (exact) mass is 246 g/mol. The van der Waals surface area contributed by atoms with Gasteiger partial charge in [0.25, 0.3) is 0 Å². The van der Waals surface area contributed by atoms with Gasteiger partial charge in [0.05, 0.1) is 10.2 Å². The Morgan fingerprint density at radius 1 is 1.41 bits per heavy atom. The molecule has 92 valence electrons. The molecule has 1 aromatic rings. The quantitative estimate of drug-likeness (QED) is 0.872. The molecule has 1 aliphatic rings. The third kappa shape index (κ3) is 2.80. The van der Waals surface area contributed by atoms with Crippen molar-refractivity contribution in [3.63, 3.8) is 0 Å². The Balaban J connectivity index is 2.64. The molecule has 0 aliphatic carbocycles. The summed E-state index contributed by atoms with van der Waals surface area (Å²) in [4.78, 5) is 0. The molecule has 0 radical (unpaired) electrons. The molecule has 0 spiro atoms. The fourth-order valence-electron chi connectivity index (χ4n) is 1.16. The Morgan fingerprint density at radius 3 is 2.94 bits per heavy atom. The number of fused-ring (bicyclic) bond motifs is 1. The Kier molecular flexibility index (Phi) is 1.04. The van der Waals surface area contributed by atoms with E-state index < -0.39 is 50.2 Å². The molecule has 1 atom stereocenters. The van der Waals surface area contributed by atoms with Crippen LogP contribution >= 0.6 is 0 Å². The second-order valence-electron chi connectivity index (χ2n) is 3.47. The van der Waals surface area contributed by atoms with Gasteiger partial charge in [0.1, 0.15) is 0 Å². The summed E-state index contributed by atoms with van der Waals surface area (Å²) in [5.41, 5.74) is -3.82. The molecule has 1 heterocycles. The summed E-state index contributed by atoms with van der Waals surface area (Å²) in [5, 5.41) is 10.5. The summed E-state index contributed by atoms with van der Waals surface area (Å²) >= 11 is 0. The van der Waals surface area contributed by atoms with E-state index in [1.165, 1.54) is 0 Å². The highest BCUT2D eigenvalue weighted by molar-refractivity contribution is 5.56. The highest BCUT2D eigenvalue weighted by Crippen LogP contribution is 2.33. The minimum atomic E-state index is -3.61. The van der Waals surface area contributed by atoms with E-state index in [-0.39, 0.29) is 23.9 Å². The van der Waals surface area contributed by atoms with Gasteiger partial charge in [0, 0.05) is 12.3 Å². The molecular weight excluding hydrogens is 216 g/mol. The van der Waals surface area contributed by atoms with Crippen molar-refractivity contribution in [1.29, 1.82) is 0 Å². The van der Waals surface area contributed by atoms with Crippen LogP contribution in [0.1, 0.15) is 42.6 Å². The third-order valence-corrected chi connectivity index (χ3v) is 2.06. The van der Waals surface area contributed by atoms with Crippen LogP contribution in [0, 0.1) is 5.41 Å². The number of rotatable bonds is 2. The summed E-state index contributed by atoms with van der Waals surface area (Å²) in [6, 6.07) is -1.37. The normalized spacial score (nSPS) is 29.0. The van der Waals surface area contributed by atoms with Crippen molar-refractivity contribution in [1.82, 2.24) is 0 Å². The lowest BCUT2D eigenvalue weighted by Crippen LogP contribution is -2.23. The first-order valence-electron chi connectivity index (χ1n) is 10.7. The van der Waals surface area contributed by atoms with Crippen molar-refractivity contribution in [2.75, 3.05) is 6.79 Å². The summed E-state index contributed by atoms with van der Waals surface area (Å²) in [5.74, 6) is -0.270. The maximum absolute atomic E-state index is 10.5.